The Hall–Kier alpha value is -1.83. The molecule has 0 aromatic carbocycles. The lowest BCUT2D eigenvalue weighted by Gasteiger charge is -2.29. The second-order valence-corrected chi connectivity index (χ2v) is 7.74. The first kappa shape index (κ1) is 25.2. The molecule has 1 unspecified atom stereocenters. The Morgan fingerprint density at radius 1 is 1.11 bits per heavy atom. The fraction of sp³-hybridized carbons (Fsp3) is 0.842. The summed E-state index contributed by atoms with van der Waals surface area (Å²) >= 11 is 0. The van der Waals surface area contributed by atoms with Crippen LogP contribution in [0.1, 0.15) is 79.6 Å². The van der Waals surface area contributed by atoms with E-state index in [1.807, 2.05) is 0 Å². The summed E-state index contributed by atoms with van der Waals surface area (Å²) in [6.07, 6.45) is 5.54. The number of hydroxylamine groups is 2. The van der Waals surface area contributed by atoms with Gasteiger partial charge in [0, 0.05) is 6.54 Å². The van der Waals surface area contributed by atoms with Gasteiger partial charge in [0.15, 0.2) is 0 Å². The molecule has 2 N–H and O–H groups in total. The van der Waals surface area contributed by atoms with Gasteiger partial charge in [-0.05, 0) is 33.6 Å². The molecule has 8 heteroatoms. The maximum atomic E-state index is 12.7. The van der Waals surface area contributed by atoms with E-state index in [9.17, 15) is 19.6 Å². The number of rotatable bonds is 12. The standard InChI is InChI=1S/C19H37N3O5/c1-6-8-10-12-16(14-21(26)15-23)17(24)20-22(13-11-9-7-2)18(25)27-19(3,4)5/h15-16,26H,6-14H2,1-5H3,(H,20,24). The molecule has 0 radical (unpaired) electrons. The molecule has 158 valence electrons. The van der Waals surface area contributed by atoms with E-state index in [4.69, 9.17) is 4.74 Å². The highest BCUT2D eigenvalue weighted by Crippen LogP contribution is 2.14. The summed E-state index contributed by atoms with van der Waals surface area (Å²) in [6.45, 7) is 9.61. The average molecular weight is 388 g/mol. The molecule has 0 spiro atoms. The summed E-state index contributed by atoms with van der Waals surface area (Å²) in [5.74, 6) is -1.02. The number of nitrogens with zero attached hydrogens (tertiary/aromatic N) is 2. The quantitative estimate of drug-likeness (QED) is 0.231. The average Bonchev–Trinajstić information content (AvgIpc) is 2.58. The summed E-state index contributed by atoms with van der Waals surface area (Å²) in [5, 5.41) is 11.1. The van der Waals surface area contributed by atoms with Crippen LogP contribution >= 0.6 is 0 Å². The van der Waals surface area contributed by atoms with Crippen molar-refractivity contribution in [2.45, 2.75) is 85.2 Å². The third kappa shape index (κ3) is 12.2. The van der Waals surface area contributed by atoms with Crippen molar-refractivity contribution in [2.24, 2.45) is 5.92 Å². The van der Waals surface area contributed by atoms with Crippen LogP contribution in [-0.2, 0) is 14.3 Å². The van der Waals surface area contributed by atoms with Crippen molar-refractivity contribution in [1.82, 2.24) is 15.5 Å². The zero-order valence-corrected chi connectivity index (χ0v) is 17.5. The number of carbonyl (C=O) groups is 3. The highest BCUT2D eigenvalue weighted by atomic mass is 16.6. The van der Waals surface area contributed by atoms with Crippen LogP contribution in [0, 0.1) is 5.92 Å². The molecule has 0 heterocycles. The monoisotopic (exact) mass is 387 g/mol. The molecule has 3 amide bonds. The second-order valence-electron chi connectivity index (χ2n) is 7.74. The lowest BCUT2D eigenvalue weighted by Crippen LogP contribution is -2.51. The summed E-state index contributed by atoms with van der Waals surface area (Å²) in [6, 6.07) is 0. The largest absolute Gasteiger partial charge is 0.442 e. The van der Waals surface area contributed by atoms with Crippen molar-refractivity contribution < 1.29 is 24.3 Å². The molecule has 0 saturated heterocycles. The SMILES string of the molecule is CCCCCC(CN(O)C=O)C(=O)NN(CCCCC)C(=O)OC(C)(C)C. The Labute approximate surface area is 163 Å². The summed E-state index contributed by atoms with van der Waals surface area (Å²) in [5.41, 5.74) is 1.95. The first-order valence-electron chi connectivity index (χ1n) is 9.86. The van der Waals surface area contributed by atoms with Gasteiger partial charge >= 0.3 is 6.09 Å². The number of carbonyl (C=O) groups excluding carboxylic acids is 3. The van der Waals surface area contributed by atoms with E-state index in [-0.39, 0.29) is 13.0 Å². The highest BCUT2D eigenvalue weighted by Gasteiger charge is 2.27. The molecule has 0 rings (SSSR count). The van der Waals surface area contributed by atoms with Crippen molar-refractivity contribution in [3.8, 4) is 0 Å². The van der Waals surface area contributed by atoms with Crippen molar-refractivity contribution in [2.75, 3.05) is 13.1 Å². The van der Waals surface area contributed by atoms with E-state index < -0.39 is 23.5 Å². The molecule has 8 nitrogen and oxygen atoms in total. The molecular weight excluding hydrogens is 350 g/mol. The van der Waals surface area contributed by atoms with Crippen LogP contribution in [0.3, 0.4) is 0 Å². The lowest BCUT2D eigenvalue weighted by molar-refractivity contribution is -0.155. The Bertz CT molecular complexity index is 451. The van der Waals surface area contributed by atoms with Gasteiger partial charge in [-0.2, -0.15) is 0 Å². The topological polar surface area (TPSA) is 99.2 Å². The number of hydrogen-bond donors (Lipinski definition) is 2. The van der Waals surface area contributed by atoms with Crippen LogP contribution < -0.4 is 5.43 Å². The first-order chi connectivity index (χ1) is 12.6. The van der Waals surface area contributed by atoms with Gasteiger partial charge in [0.25, 0.3) is 0 Å². The minimum absolute atomic E-state index is 0.115. The second kappa shape index (κ2) is 13.4. The Morgan fingerprint density at radius 3 is 2.22 bits per heavy atom. The van der Waals surface area contributed by atoms with Crippen LogP contribution in [0.4, 0.5) is 4.79 Å². The van der Waals surface area contributed by atoms with E-state index in [2.05, 4.69) is 19.3 Å². The van der Waals surface area contributed by atoms with E-state index >= 15 is 0 Å². The van der Waals surface area contributed by atoms with Crippen LogP contribution in [0.5, 0.6) is 0 Å². The van der Waals surface area contributed by atoms with E-state index in [0.717, 1.165) is 38.5 Å². The molecule has 0 aromatic heterocycles. The predicted octanol–water partition coefficient (Wildman–Crippen LogP) is 3.49. The normalized spacial score (nSPS) is 12.2. The van der Waals surface area contributed by atoms with Gasteiger partial charge in [-0.3, -0.25) is 20.2 Å². The van der Waals surface area contributed by atoms with E-state index in [0.29, 0.717) is 18.0 Å². The van der Waals surface area contributed by atoms with Crippen molar-refractivity contribution in [1.29, 1.82) is 0 Å². The zero-order chi connectivity index (χ0) is 20.9. The molecule has 27 heavy (non-hydrogen) atoms. The highest BCUT2D eigenvalue weighted by molar-refractivity contribution is 5.81. The first-order valence-corrected chi connectivity index (χ1v) is 9.86. The van der Waals surface area contributed by atoms with Gasteiger partial charge in [-0.15, -0.1) is 0 Å². The van der Waals surface area contributed by atoms with Crippen molar-refractivity contribution >= 4 is 18.4 Å². The molecule has 1 atom stereocenters. The van der Waals surface area contributed by atoms with Gasteiger partial charge in [-0.25, -0.2) is 14.9 Å². The summed E-state index contributed by atoms with van der Waals surface area (Å²) in [4.78, 5) is 35.8. The fourth-order valence-corrected chi connectivity index (χ4v) is 2.47. The molecule has 0 aliphatic rings. The van der Waals surface area contributed by atoms with Crippen LogP contribution in [0.15, 0.2) is 0 Å². The number of nitrogens with one attached hydrogen (secondary N) is 1. The van der Waals surface area contributed by atoms with Gasteiger partial charge in [-0.1, -0.05) is 46.0 Å². The number of unbranched alkanes of at least 4 members (excludes halogenated alkanes) is 4. The van der Waals surface area contributed by atoms with Gasteiger partial charge in [0.1, 0.15) is 5.60 Å². The maximum absolute atomic E-state index is 12.7. The molecular formula is C19H37N3O5. The van der Waals surface area contributed by atoms with Gasteiger partial charge in [0.2, 0.25) is 12.3 Å². The van der Waals surface area contributed by atoms with Gasteiger partial charge in [0.05, 0.1) is 12.5 Å². The zero-order valence-electron chi connectivity index (χ0n) is 17.5. The molecule has 0 saturated carbocycles. The molecule has 0 aliphatic carbocycles. The Morgan fingerprint density at radius 2 is 1.70 bits per heavy atom. The fourth-order valence-electron chi connectivity index (χ4n) is 2.47. The van der Waals surface area contributed by atoms with E-state index in [1.165, 1.54) is 5.01 Å². The van der Waals surface area contributed by atoms with Crippen LogP contribution in [-0.4, -0.2) is 52.4 Å². The molecule has 0 bridgehead atoms. The minimum Gasteiger partial charge on any atom is -0.442 e. The third-order valence-corrected chi connectivity index (χ3v) is 3.90. The Balaban J connectivity index is 5.07. The molecule has 0 fully saturated rings. The smallest absolute Gasteiger partial charge is 0.429 e. The number of hydrazine groups is 1. The van der Waals surface area contributed by atoms with Gasteiger partial charge < -0.3 is 4.74 Å². The minimum atomic E-state index is -0.676. The summed E-state index contributed by atoms with van der Waals surface area (Å²) < 4.78 is 5.37. The van der Waals surface area contributed by atoms with Crippen molar-refractivity contribution in [3.63, 3.8) is 0 Å². The number of ether oxygens (including phenoxy) is 1. The summed E-state index contributed by atoms with van der Waals surface area (Å²) in [7, 11) is 0. The number of hydrogen-bond acceptors (Lipinski definition) is 5. The van der Waals surface area contributed by atoms with Crippen molar-refractivity contribution in [3.05, 3.63) is 0 Å². The molecule has 0 aromatic rings. The number of amides is 3. The van der Waals surface area contributed by atoms with Crippen LogP contribution in [0.2, 0.25) is 0 Å². The maximum Gasteiger partial charge on any atom is 0.429 e. The molecule has 0 aliphatic heterocycles. The van der Waals surface area contributed by atoms with E-state index in [1.54, 1.807) is 20.8 Å². The Kier molecular flexibility index (Phi) is 12.5. The predicted molar refractivity (Wildman–Crippen MR) is 103 cm³/mol. The van der Waals surface area contributed by atoms with Crippen LogP contribution in [0.25, 0.3) is 0 Å². The lowest BCUT2D eigenvalue weighted by atomic mass is 10.0. The third-order valence-electron chi connectivity index (χ3n) is 3.90.